The number of rotatable bonds is 5. The number of carbonyl (C=O) groups excluding carboxylic acids is 1. The molecule has 2 N–H and O–H groups in total. The first-order chi connectivity index (χ1) is 11.2. The Bertz CT molecular complexity index is 865. The van der Waals surface area contributed by atoms with Crippen LogP contribution in [0.4, 0.5) is 0 Å². The Morgan fingerprint density at radius 2 is 1.74 bits per heavy atom. The predicted molar refractivity (Wildman–Crippen MR) is 90.2 cm³/mol. The molecule has 3 rings (SSSR count). The van der Waals surface area contributed by atoms with Gasteiger partial charge in [-0.1, -0.05) is 36.4 Å². The number of fused-ring (bicyclic) bond motifs is 1. The van der Waals surface area contributed by atoms with Crippen LogP contribution in [0.3, 0.4) is 0 Å². The van der Waals surface area contributed by atoms with E-state index in [1.54, 1.807) is 0 Å². The largest absolute Gasteiger partial charge is 0.338 e. The lowest BCUT2D eigenvalue weighted by molar-refractivity contribution is -0.130. The fraction of sp³-hybridized carbons (Fsp3) is 0.222. The average Bonchev–Trinajstić information content (AvgIpc) is 2.92. The van der Waals surface area contributed by atoms with Crippen LogP contribution < -0.4 is 5.69 Å². The van der Waals surface area contributed by atoms with Gasteiger partial charge in [-0.3, -0.25) is 4.79 Å². The van der Waals surface area contributed by atoms with Gasteiger partial charge in [-0.2, -0.15) is 0 Å². The van der Waals surface area contributed by atoms with Crippen molar-refractivity contribution in [1.82, 2.24) is 14.9 Å². The van der Waals surface area contributed by atoms with Gasteiger partial charge in [0.15, 0.2) is 0 Å². The van der Waals surface area contributed by atoms with Gasteiger partial charge in [-0.15, -0.1) is 0 Å². The number of H-pyrrole nitrogens is 2. The van der Waals surface area contributed by atoms with Gasteiger partial charge in [0.25, 0.3) is 0 Å². The second-order valence-corrected chi connectivity index (χ2v) is 5.53. The van der Waals surface area contributed by atoms with Crippen molar-refractivity contribution in [2.24, 2.45) is 0 Å². The number of imidazole rings is 1. The van der Waals surface area contributed by atoms with Gasteiger partial charge in [0, 0.05) is 13.1 Å². The summed E-state index contributed by atoms with van der Waals surface area (Å²) < 4.78 is 0. The zero-order valence-corrected chi connectivity index (χ0v) is 13.0. The first kappa shape index (κ1) is 15.1. The number of nitrogens with one attached hydrogen (secondary N) is 2. The first-order valence-electron chi connectivity index (χ1n) is 7.68. The maximum atomic E-state index is 12.5. The van der Waals surface area contributed by atoms with Crippen LogP contribution in [0.5, 0.6) is 0 Å². The predicted octanol–water partition coefficient (Wildman–Crippen LogP) is 2.45. The van der Waals surface area contributed by atoms with Gasteiger partial charge < -0.3 is 14.9 Å². The van der Waals surface area contributed by atoms with Gasteiger partial charge >= 0.3 is 5.69 Å². The average molecular weight is 309 g/mol. The van der Waals surface area contributed by atoms with Crippen LogP contribution in [0, 0.1) is 0 Å². The van der Waals surface area contributed by atoms with Crippen molar-refractivity contribution in [3.8, 4) is 0 Å². The fourth-order valence-electron chi connectivity index (χ4n) is 2.66. The number of aromatic nitrogens is 2. The molecule has 0 saturated carbocycles. The maximum Gasteiger partial charge on any atom is 0.323 e. The molecule has 0 aliphatic heterocycles. The van der Waals surface area contributed by atoms with Crippen molar-refractivity contribution in [2.45, 2.75) is 19.9 Å². The highest BCUT2D eigenvalue weighted by Crippen LogP contribution is 2.13. The Balaban J connectivity index is 1.73. The Kier molecular flexibility index (Phi) is 4.28. The van der Waals surface area contributed by atoms with Crippen molar-refractivity contribution >= 4 is 16.9 Å². The van der Waals surface area contributed by atoms with E-state index in [1.807, 2.05) is 60.4 Å². The summed E-state index contributed by atoms with van der Waals surface area (Å²) in [6, 6.07) is 15.5. The van der Waals surface area contributed by atoms with E-state index >= 15 is 0 Å². The minimum Gasteiger partial charge on any atom is -0.338 e. The van der Waals surface area contributed by atoms with E-state index in [9.17, 15) is 9.59 Å². The molecule has 0 aliphatic rings. The van der Waals surface area contributed by atoms with Crippen molar-refractivity contribution in [1.29, 1.82) is 0 Å². The number of carbonyl (C=O) groups is 1. The summed E-state index contributed by atoms with van der Waals surface area (Å²) in [6.07, 6.45) is 0.323. The zero-order chi connectivity index (χ0) is 16.2. The van der Waals surface area contributed by atoms with E-state index in [4.69, 9.17) is 0 Å². The normalized spacial score (nSPS) is 10.8. The van der Waals surface area contributed by atoms with Crippen LogP contribution in [0.2, 0.25) is 0 Å². The highest BCUT2D eigenvalue weighted by molar-refractivity contribution is 5.81. The topological polar surface area (TPSA) is 69.0 Å². The Morgan fingerprint density at radius 3 is 2.48 bits per heavy atom. The van der Waals surface area contributed by atoms with Gasteiger partial charge in [-0.05, 0) is 30.2 Å². The van der Waals surface area contributed by atoms with E-state index in [-0.39, 0.29) is 11.6 Å². The number of hydrogen-bond donors (Lipinski definition) is 2. The Hall–Kier alpha value is -2.82. The minimum absolute atomic E-state index is 0.0774. The Labute approximate surface area is 134 Å². The highest BCUT2D eigenvalue weighted by atomic mass is 16.2. The van der Waals surface area contributed by atoms with Crippen LogP contribution in [-0.4, -0.2) is 27.3 Å². The molecule has 0 bridgehead atoms. The van der Waals surface area contributed by atoms with Crippen LogP contribution in [-0.2, 0) is 17.8 Å². The summed E-state index contributed by atoms with van der Waals surface area (Å²) in [5.74, 6) is 0.0774. The Morgan fingerprint density at radius 1 is 1.00 bits per heavy atom. The molecule has 0 atom stereocenters. The molecule has 2 aromatic carbocycles. The SMILES string of the molecule is CCN(Cc1ccccc1)C(=O)Cc1ccc2[nH]c(=O)[nH]c2c1. The molecule has 23 heavy (non-hydrogen) atoms. The van der Waals surface area contributed by atoms with Gasteiger partial charge in [-0.25, -0.2) is 4.79 Å². The standard InChI is InChI=1S/C18H19N3O2/c1-2-21(12-13-6-4-3-5-7-13)17(22)11-14-8-9-15-16(10-14)20-18(23)19-15/h3-10H,2,11-12H2,1H3,(H2,19,20,23). The van der Waals surface area contributed by atoms with E-state index < -0.39 is 0 Å². The van der Waals surface area contributed by atoms with E-state index in [0.717, 1.165) is 22.2 Å². The number of amides is 1. The summed E-state index contributed by atoms with van der Waals surface area (Å²) in [5.41, 5.74) is 3.26. The maximum absolute atomic E-state index is 12.5. The second-order valence-electron chi connectivity index (χ2n) is 5.53. The number of nitrogens with zero attached hydrogens (tertiary/aromatic N) is 1. The third-order valence-electron chi connectivity index (χ3n) is 3.89. The summed E-state index contributed by atoms with van der Waals surface area (Å²) in [6.45, 7) is 3.25. The quantitative estimate of drug-likeness (QED) is 0.760. The molecule has 5 heteroatoms. The smallest absolute Gasteiger partial charge is 0.323 e. The molecule has 0 spiro atoms. The van der Waals surface area contributed by atoms with E-state index in [2.05, 4.69) is 9.97 Å². The summed E-state index contributed by atoms with van der Waals surface area (Å²) in [5, 5.41) is 0. The summed E-state index contributed by atoms with van der Waals surface area (Å²) in [4.78, 5) is 31.1. The van der Waals surface area contributed by atoms with Crippen LogP contribution in [0.25, 0.3) is 11.0 Å². The molecular formula is C18H19N3O2. The molecule has 0 unspecified atom stereocenters. The lowest BCUT2D eigenvalue weighted by atomic mass is 10.1. The molecule has 1 aromatic heterocycles. The van der Waals surface area contributed by atoms with Gasteiger partial charge in [0.2, 0.25) is 5.91 Å². The first-order valence-corrected chi connectivity index (χ1v) is 7.68. The third kappa shape index (κ3) is 3.51. The number of aromatic amines is 2. The molecule has 3 aromatic rings. The number of hydrogen-bond acceptors (Lipinski definition) is 2. The lowest BCUT2D eigenvalue weighted by Gasteiger charge is -2.21. The van der Waals surface area contributed by atoms with E-state index in [0.29, 0.717) is 19.5 Å². The molecule has 118 valence electrons. The summed E-state index contributed by atoms with van der Waals surface area (Å²) >= 11 is 0. The van der Waals surface area contributed by atoms with Crippen molar-refractivity contribution in [3.05, 3.63) is 70.1 Å². The van der Waals surface area contributed by atoms with Crippen LogP contribution in [0.15, 0.2) is 53.3 Å². The third-order valence-corrected chi connectivity index (χ3v) is 3.89. The molecule has 0 fully saturated rings. The second kappa shape index (κ2) is 6.52. The molecule has 0 aliphatic carbocycles. The van der Waals surface area contributed by atoms with Crippen LogP contribution in [0.1, 0.15) is 18.1 Å². The minimum atomic E-state index is -0.234. The van der Waals surface area contributed by atoms with Crippen molar-refractivity contribution in [2.75, 3.05) is 6.54 Å². The fourth-order valence-corrected chi connectivity index (χ4v) is 2.66. The number of likely N-dealkylation sites (N-methyl/N-ethyl adjacent to an activating group) is 1. The molecule has 0 radical (unpaired) electrons. The van der Waals surface area contributed by atoms with Crippen molar-refractivity contribution < 1.29 is 4.79 Å². The number of benzene rings is 2. The highest BCUT2D eigenvalue weighted by Gasteiger charge is 2.13. The molecule has 0 saturated heterocycles. The van der Waals surface area contributed by atoms with Crippen molar-refractivity contribution in [3.63, 3.8) is 0 Å². The molecule has 1 amide bonds. The molecular weight excluding hydrogens is 290 g/mol. The molecule has 1 heterocycles. The van der Waals surface area contributed by atoms with E-state index in [1.165, 1.54) is 0 Å². The van der Waals surface area contributed by atoms with Crippen LogP contribution >= 0.6 is 0 Å². The van der Waals surface area contributed by atoms with Gasteiger partial charge in [0.1, 0.15) is 0 Å². The monoisotopic (exact) mass is 309 g/mol. The molecule has 5 nitrogen and oxygen atoms in total. The lowest BCUT2D eigenvalue weighted by Crippen LogP contribution is -2.31. The zero-order valence-electron chi connectivity index (χ0n) is 13.0. The van der Waals surface area contributed by atoms with Gasteiger partial charge in [0.05, 0.1) is 17.5 Å². The summed E-state index contributed by atoms with van der Waals surface area (Å²) in [7, 11) is 0.